The summed E-state index contributed by atoms with van der Waals surface area (Å²) in [4.78, 5) is 2.10. The molecule has 1 N–H and O–H groups in total. The minimum atomic E-state index is 0.698. The van der Waals surface area contributed by atoms with E-state index in [9.17, 15) is 0 Å². The lowest BCUT2D eigenvalue weighted by Crippen LogP contribution is -2.19. The van der Waals surface area contributed by atoms with Crippen LogP contribution in [0.5, 0.6) is 11.5 Å². The lowest BCUT2D eigenvalue weighted by molar-refractivity contribution is 0.259. The summed E-state index contributed by atoms with van der Waals surface area (Å²) in [7, 11) is 4.07. The molecular formula is C13H20N2O2. The normalized spacial score (nSPS) is 15.0. The molecule has 94 valence electrons. The van der Waals surface area contributed by atoms with Gasteiger partial charge in [0.1, 0.15) is 24.7 Å². The first-order chi connectivity index (χ1) is 8.25. The van der Waals surface area contributed by atoms with Crippen molar-refractivity contribution in [3.63, 3.8) is 0 Å². The lowest BCUT2D eigenvalue weighted by atomic mass is 10.2. The van der Waals surface area contributed by atoms with Crippen LogP contribution in [0.2, 0.25) is 0 Å². The largest absolute Gasteiger partial charge is 0.492 e. The third kappa shape index (κ3) is 3.61. The number of benzene rings is 1. The fourth-order valence-corrected chi connectivity index (χ4v) is 1.71. The predicted molar refractivity (Wildman–Crippen MR) is 67.7 cm³/mol. The smallest absolute Gasteiger partial charge is 0.127 e. The van der Waals surface area contributed by atoms with Crippen LogP contribution >= 0.6 is 0 Å². The van der Waals surface area contributed by atoms with Gasteiger partial charge in [0.2, 0.25) is 0 Å². The van der Waals surface area contributed by atoms with Gasteiger partial charge >= 0.3 is 0 Å². The second-order valence-corrected chi connectivity index (χ2v) is 4.45. The average molecular weight is 236 g/mol. The fraction of sp³-hybridized carbons (Fsp3) is 0.538. The molecule has 1 aromatic rings. The monoisotopic (exact) mass is 236 g/mol. The van der Waals surface area contributed by atoms with Gasteiger partial charge in [0.05, 0.1) is 0 Å². The van der Waals surface area contributed by atoms with E-state index in [1.807, 2.05) is 26.2 Å². The third-order valence-corrected chi connectivity index (χ3v) is 2.70. The molecule has 17 heavy (non-hydrogen) atoms. The highest BCUT2D eigenvalue weighted by atomic mass is 16.5. The Kier molecular flexibility index (Phi) is 4.23. The van der Waals surface area contributed by atoms with Crippen LogP contribution in [0.3, 0.4) is 0 Å². The molecule has 1 aliphatic heterocycles. The molecule has 2 rings (SSSR count). The number of likely N-dealkylation sites (N-methyl/N-ethyl adjacent to an activating group) is 1. The first kappa shape index (κ1) is 12.2. The van der Waals surface area contributed by atoms with Gasteiger partial charge in [-0.1, -0.05) is 6.07 Å². The molecule has 1 aromatic carbocycles. The summed E-state index contributed by atoms with van der Waals surface area (Å²) in [5.41, 5.74) is 1.20. The van der Waals surface area contributed by atoms with Crippen molar-refractivity contribution in [2.24, 2.45) is 0 Å². The highest BCUT2D eigenvalue weighted by Gasteiger charge is 2.09. The zero-order valence-electron chi connectivity index (χ0n) is 10.5. The van der Waals surface area contributed by atoms with Crippen LogP contribution in [0.1, 0.15) is 5.56 Å². The van der Waals surface area contributed by atoms with Gasteiger partial charge in [-0.3, -0.25) is 0 Å². The van der Waals surface area contributed by atoms with Gasteiger partial charge in [0.25, 0.3) is 0 Å². The summed E-state index contributed by atoms with van der Waals surface area (Å²) in [6.45, 7) is 4.09. The van der Waals surface area contributed by atoms with Crippen molar-refractivity contribution in [1.29, 1.82) is 0 Å². The number of nitrogens with one attached hydrogen (secondary N) is 1. The van der Waals surface area contributed by atoms with Crippen LogP contribution in [-0.2, 0) is 6.54 Å². The highest BCUT2D eigenvalue weighted by molar-refractivity contribution is 5.41. The van der Waals surface area contributed by atoms with Gasteiger partial charge in [0, 0.05) is 31.3 Å². The molecule has 0 fully saturated rings. The molecule has 0 saturated carbocycles. The van der Waals surface area contributed by atoms with Crippen LogP contribution in [-0.4, -0.2) is 45.3 Å². The summed E-state index contributed by atoms with van der Waals surface area (Å²) < 4.78 is 11.3. The molecule has 0 aliphatic carbocycles. The fourth-order valence-electron chi connectivity index (χ4n) is 1.71. The minimum absolute atomic E-state index is 0.698. The number of hydrogen-bond donors (Lipinski definition) is 1. The van der Waals surface area contributed by atoms with Crippen LogP contribution in [0.15, 0.2) is 18.2 Å². The maximum Gasteiger partial charge on any atom is 0.127 e. The van der Waals surface area contributed by atoms with Gasteiger partial charge in [-0.15, -0.1) is 0 Å². The zero-order valence-corrected chi connectivity index (χ0v) is 10.5. The zero-order chi connectivity index (χ0) is 12.1. The van der Waals surface area contributed by atoms with Crippen molar-refractivity contribution in [1.82, 2.24) is 10.2 Å². The molecule has 1 aliphatic rings. The molecule has 0 amide bonds. The molecule has 4 nitrogen and oxygen atoms in total. The maximum atomic E-state index is 5.68. The van der Waals surface area contributed by atoms with Crippen molar-refractivity contribution in [2.75, 3.05) is 40.4 Å². The molecular weight excluding hydrogens is 216 g/mol. The summed E-state index contributed by atoms with van der Waals surface area (Å²) in [5, 5.41) is 3.31. The van der Waals surface area contributed by atoms with E-state index in [0.29, 0.717) is 13.2 Å². The van der Waals surface area contributed by atoms with E-state index in [2.05, 4.69) is 16.3 Å². The Morgan fingerprint density at radius 3 is 3.12 bits per heavy atom. The number of hydrogen-bond acceptors (Lipinski definition) is 4. The lowest BCUT2D eigenvalue weighted by Gasteiger charge is -2.13. The van der Waals surface area contributed by atoms with Crippen LogP contribution in [0, 0.1) is 0 Å². The van der Waals surface area contributed by atoms with Gasteiger partial charge in [-0.05, 0) is 20.2 Å². The Morgan fingerprint density at radius 2 is 2.29 bits per heavy atom. The van der Waals surface area contributed by atoms with Crippen LogP contribution in [0.4, 0.5) is 0 Å². The van der Waals surface area contributed by atoms with Crippen LogP contribution in [0.25, 0.3) is 0 Å². The topological polar surface area (TPSA) is 33.7 Å². The van der Waals surface area contributed by atoms with Gasteiger partial charge in [0.15, 0.2) is 0 Å². The van der Waals surface area contributed by atoms with E-state index in [1.165, 1.54) is 5.56 Å². The maximum absolute atomic E-state index is 5.68. The number of fused-ring (bicyclic) bond motifs is 1. The Balaban J connectivity index is 1.97. The second kappa shape index (κ2) is 5.89. The number of rotatable bonds is 4. The van der Waals surface area contributed by atoms with Crippen molar-refractivity contribution in [2.45, 2.75) is 6.54 Å². The van der Waals surface area contributed by atoms with Gasteiger partial charge in [-0.25, -0.2) is 0 Å². The first-order valence-electron chi connectivity index (χ1n) is 5.99. The summed E-state index contributed by atoms with van der Waals surface area (Å²) in [5.74, 6) is 1.82. The van der Waals surface area contributed by atoms with Crippen molar-refractivity contribution in [3.05, 3.63) is 23.8 Å². The van der Waals surface area contributed by atoms with E-state index in [4.69, 9.17) is 9.47 Å². The molecule has 0 atom stereocenters. The Hall–Kier alpha value is -1.26. The quantitative estimate of drug-likeness (QED) is 0.849. The van der Waals surface area contributed by atoms with Gasteiger partial charge in [-0.2, -0.15) is 0 Å². The Labute approximate surface area is 103 Å². The molecule has 0 radical (unpaired) electrons. The van der Waals surface area contributed by atoms with Gasteiger partial charge < -0.3 is 19.7 Å². The molecule has 0 saturated heterocycles. The van der Waals surface area contributed by atoms with E-state index >= 15 is 0 Å². The third-order valence-electron chi connectivity index (χ3n) is 2.70. The number of ether oxygens (including phenoxy) is 2. The first-order valence-corrected chi connectivity index (χ1v) is 5.99. The number of nitrogens with zero attached hydrogens (tertiary/aromatic N) is 1. The van der Waals surface area contributed by atoms with E-state index in [-0.39, 0.29) is 0 Å². The Bertz CT molecular complexity index is 366. The molecule has 1 heterocycles. The minimum Gasteiger partial charge on any atom is -0.492 e. The summed E-state index contributed by atoms with van der Waals surface area (Å²) in [6.07, 6.45) is 0. The molecule has 0 aromatic heterocycles. The molecule has 0 unspecified atom stereocenters. The summed E-state index contributed by atoms with van der Waals surface area (Å²) in [6, 6.07) is 6.06. The second-order valence-electron chi connectivity index (χ2n) is 4.45. The van der Waals surface area contributed by atoms with E-state index in [1.54, 1.807) is 0 Å². The van der Waals surface area contributed by atoms with E-state index < -0.39 is 0 Å². The SMILES string of the molecule is CN(C)CCOc1ccc2c(c1)OCCNC2. The van der Waals surface area contributed by atoms with Crippen molar-refractivity contribution in [3.8, 4) is 11.5 Å². The molecule has 0 spiro atoms. The van der Waals surface area contributed by atoms with Crippen molar-refractivity contribution < 1.29 is 9.47 Å². The van der Waals surface area contributed by atoms with Crippen LogP contribution < -0.4 is 14.8 Å². The molecule has 0 bridgehead atoms. The summed E-state index contributed by atoms with van der Waals surface area (Å²) >= 11 is 0. The highest BCUT2D eigenvalue weighted by Crippen LogP contribution is 2.25. The standard InChI is InChI=1S/C13H20N2O2/c1-15(2)6-8-16-12-4-3-11-10-14-5-7-17-13(11)9-12/h3-4,9,14H,5-8,10H2,1-2H3. The van der Waals surface area contributed by atoms with Crippen molar-refractivity contribution >= 4 is 0 Å². The predicted octanol–water partition coefficient (Wildman–Crippen LogP) is 1.11. The average Bonchev–Trinajstić information content (AvgIpc) is 2.53. The Morgan fingerprint density at radius 1 is 1.41 bits per heavy atom. The van der Waals surface area contributed by atoms with E-state index in [0.717, 1.165) is 31.1 Å². The molecule has 4 heteroatoms.